The second-order valence-corrected chi connectivity index (χ2v) is 5.18. The number of carboxylic acids is 1. The summed E-state index contributed by atoms with van der Waals surface area (Å²) in [5, 5.41) is 8.85. The molecule has 3 rings (SSSR count). The van der Waals surface area contributed by atoms with Crippen LogP contribution in [0.25, 0.3) is 0 Å². The number of hydrogen-bond donors (Lipinski definition) is 1. The lowest BCUT2D eigenvalue weighted by molar-refractivity contribution is 0.0645. The second kappa shape index (κ2) is 5.63. The summed E-state index contributed by atoms with van der Waals surface area (Å²) in [5.74, 6) is -2.23. The summed E-state index contributed by atoms with van der Waals surface area (Å²) in [6.07, 6.45) is 1.54. The molecule has 0 spiro atoms. The average Bonchev–Trinajstić information content (AvgIpc) is 3.16. The summed E-state index contributed by atoms with van der Waals surface area (Å²) in [4.78, 5) is 24.9. The monoisotopic (exact) mass is 303 g/mol. The minimum absolute atomic E-state index is 0.0132. The molecular weight excluding hydrogens is 289 g/mol. The Morgan fingerprint density at radius 1 is 1.23 bits per heavy atom. The fourth-order valence-electron chi connectivity index (χ4n) is 2.78. The van der Waals surface area contributed by atoms with E-state index in [1.165, 1.54) is 24.3 Å². The molecule has 6 heteroatoms. The number of halogens is 1. The molecule has 1 aliphatic rings. The van der Waals surface area contributed by atoms with Gasteiger partial charge in [0.15, 0.2) is 5.76 Å². The molecule has 1 aromatic heterocycles. The van der Waals surface area contributed by atoms with Crippen molar-refractivity contribution in [2.45, 2.75) is 18.9 Å². The van der Waals surface area contributed by atoms with Crippen LogP contribution in [0.5, 0.6) is 0 Å². The van der Waals surface area contributed by atoms with Crippen molar-refractivity contribution < 1.29 is 23.5 Å². The smallest absolute Gasteiger partial charge is 0.371 e. The molecule has 1 atom stereocenters. The number of aromatic carboxylic acids is 1. The van der Waals surface area contributed by atoms with Crippen molar-refractivity contribution in [1.29, 1.82) is 0 Å². The van der Waals surface area contributed by atoms with Gasteiger partial charge in [-0.2, -0.15) is 0 Å². The molecule has 1 amide bonds. The normalized spacial score (nSPS) is 17.7. The van der Waals surface area contributed by atoms with Crippen LogP contribution in [0.1, 0.15) is 45.6 Å². The highest BCUT2D eigenvalue weighted by Gasteiger charge is 2.32. The zero-order chi connectivity index (χ0) is 15.7. The van der Waals surface area contributed by atoms with Crippen LogP contribution in [0, 0.1) is 5.82 Å². The highest BCUT2D eigenvalue weighted by molar-refractivity contribution is 5.94. The first kappa shape index (κ1) is 14.3. The lowest BCUT2D eigenvalue weighted by Crippen LogP contribution is -2.30. The SMILES string of the molecule is O=C(O)c1ccc(C(=O)N2CCCC2c2cccc(F)c2)o1. The van der Waals surface area contributed by atoms with Gasteiger partial charge in [-0.25, -0.2) is 9.18 Å². The lowest BCUT2D eigenvalue weighted by atomic mass is 10.0. The summed E-state index contributed by atoms with van der Waals surface area (Å²) in [6.45, 7) is 0.531. The fourth-order valence-corrected chi connectivity index (χ4v) is 2.78. The Kier molecular flexibility index (Phi) is 3.66. The number of hydrogen-bond acceptors (Lipinski definition) is 3. The van der Waals surface area contributed by atoms with Gasteiger partial charge in [-0.3, -0.25) is 4.79 Å². The molecule has 1 aromatic carbocycles. The van der Waals surface area contributed by atoms with Gasteiger partial charge >= 0.3 is 5.97 Å². The Morgan fingerprint density at radius 3 is 2.68 bits per heavy atom. The lowest BCUT2D eigenvalue weighted by Gasteiger charge is -2.24. The van der Waals surface area contributed by atoms with E-state index in [1.54, 1.807) is 17.0 Å². The van der Waals surface area contributed by atoms with Crippen LogP contribution in [0.15, 0.2) is 40.8 Å². The van der Waals surface area contributed by atoms with Crippen molar-refractivity contribution in [3.05, 3.63) is 59.3 Å². The summed E-state index contributed by atoms with van der Waals surface area (Å²) in [6, 6.07) is 8.56. The van der Waals surface area contributed by atoms with Gasteiger partial charge in [0.2, 0.25) is 5.76 Å². The number of amides is 1. The number of furan rings is 1. The van der Waals surface area contributed by atoms with Gasteiger partial charge in [-0.1, -0.05) is 12.1 Å². The van der Waals surface area contributed by atoms with Gasteiger partial charge in [0.1, 0.15) is 5.82 Å². The topological polar surface area (TPSA) is 70.8 Å². The van der Waals surface area contributed by atoms with E-state index in [0.717, 1.165) is 18.4 Å². The number of carboxylic acid groups (broad SMARTS) is 1. The summed E-state index contributed by atoms with van der Waals surface area (Å²) in [7, 11) is 0. The minimum Gasteiger partial charge on any atom is -0.475 e. The molecule has 2 heterocycles. The van der Waals surface area contributed by atoms with Gasteiger partial charge < -0.3 is 14.4 Å². The van der Waals surface area contributed by atoms with Crippen LogP contribution in [-0.2, 0) is 0 Å². The number of carbonyl (C=O) groups excluding carboxylic acids is 1. The molecule has 1 fully saturated rings. The van der Waals surface area contributed by atoms with Gasteiger partial charge in [-0.05, 0) is 42.7 Å². The highest BCUT2D eigenvalue weighted by Crippen LogP contribution is 2.33. The Balaban J connectivity index is 1.86. The van der Waals surface area contributed by atoms with E-state index in [2.05, 4.69) is 0 Å². The number of likely N-dealkylation sites (tertiary alicyclic amines) is 1. The molecule has 0 aliphatic carbocycles. The van der Waals surface area contributed by atoms with E-state index in [-0.39, 0.29) is 29.3 Å². The zero-order valence-electron chi connectivity index (χ0n) is 11.7. The number of carbonyl (C=O) groups is 2. The Morgan fingerprint density at radius 2 is 2.00 bits per heavy atom. The van der Waals surface area contributed by atoms with Crippen LogP contribution in [0.3, 0.4) is 0 Å². The standard InChI is InChI=1S/C16H14FNO4/c17-11-4-1-3-10(9-11)12-5-2-8-18(12)15(19)13-6-7-14(22-13)16(20)21/h1,3-4,6-7,9,12H,2,5,8H2,(H,20,21). The molecule has 1 unspecified atom stereocenters. The molecule has 1 aliphatic heterocycles. The fraction of sp³-hybridized carbons (Fsp3) is 0.250. The number of nitrogens with zero attached hydrogens (tertiary/aromatic N) is 1. The van der Waals surface area contributed by atoms with Crippen molar-refractivity contribution in [1.82, 2.24) is 4.90 Å². The van der Waals surface area contributed by atoms with Crippen molar-refractivity contribution in [2.24, 2.45) is 0 Å². The van der Waals surface area contributed by atoms with Crippen LogP contribution in [-0.4, -0.2) is 28.4 Å². The van der Waals surface area contributed by atoms with Gasteiger partial charge in [0, 0.05) is 6.54 Å². The minimum atomic E-state index is -1.22. The Hall–Kier alpha value is -2.63. The van der Waals surface area contributed by atoms with Crippen LogP contribution >= 0.6 is 0 Å². The molecule has 5 nitrogen and oxygen atoms in total. The van der Waals surface area contributed by atoms with Gasteiger partial charge in [-0.15, -0.1) is 0 Å². The van der Waals surface area contributed by atoms with Crippen molar-refractivity contribution in [3.8, 4) is 0 Å². The molecule has 0 saturated carbocycles. The quantitative estimate of drug-likeness (QED) is 0.946. The average molecular weight is 303 g/mol. The summed E-state index contributed by atoms with van der Waals surface area (Å²) < 4.78 is 18.4. The maximum absolute atomic E-state index is 13.4. The number of benzene rings is 1. The van der Waals surface area contributed by atoms with E-state index >= 15 is 0 Å². The molecule has 1 N–H and O–H groups in total. The van der Waals surface area contributed by atoms with Crippen molar-refractivity contribution in [3.63, 3.8) is 0 Å². The molecule has 0 radical (unpaired) electrons. The zero-order valence-corrected chi connectivity index (χ0v) is 11.7. The Bertz CT molecular complexity index is 724. The van der Waals surface area contributed by atoms with Crippen LogP contribution in [0.2, 0.25) is 0 Å². The maximum atomic E-state index is 13.4. The summed E-state index contributed by atoms with van der Waals surface area (Å²) >= 11 is 0. The van der Waals surface area contributed by atoms with E-state index in [9.17, 15) is 14.0 Å². The molecule has 114 valence electrons. The van der Waals surface area contributed by atoms with E-state index in [1.807, 2.05) is 0 Å². The third-order valence-electron chi connectivity index (χ3n) is 3.77. The third-order valence-corrected chi connectivity index (χ3v) is 3.77. The van der Waals surface area contributed by atoms with Crippen LogP contribution < -0.4 is 0 Å². The van der Waals surface area contributed by atoms with Gasteiger partial charge in [0.05, 0.1) is 6.04 Å². The van der Waals surface area contributed by atoms with E-state index in [0.29, 0.717) is 6.54 Å². The Labute approximate surface area is 126 Å². The number of rotatable bonds is 3. The molecule has 1 saturated heterocycles. The molecule has 22 heavy (non-hydrogen) atoms. The van der Waals surface area contributed by atoms with Crippen molar-refractivity contribution in [2.75, 3.05) is 6.54 Å². The van der Waals surface area contributed by atoms with Crippen molar-refractivity contribution >= 4 is 11.9 Å². The van der Waals surface area contributed by atoms with Crippen LogP contribution in [0.4, 0.5) is 4.39 Å². The first-order chi connectivity index (χ1) is 10.6. The summed E-state index contributed by atoms with van der Waals surface area (Å²) in [5.41, 5.74) is 0.732. The van der Waals surface area contributed by atoms with E-state index < -0.39 is 5.97 Å². The molecule has 2 aromatic rings. The van der Waals surface area contributed by atoms with Gasteiger partial charge in [0.25, 0.3) is 5.91 Å². The first-order valence-corrected chi connectivity index (χ1v) is 6.96. The highest BCUT2D eigenvalue weighted by atomic mass is 19.1. The van der Waals surface area contributed by atoms with E-state index in [4.69, 9.17) is 9.52 Å². The largest absolute Gasteiger partial charge is 0.475 e. The third kappa shape index (κ3) is 2.59. The second-order valence-electron chi connectivity index (χ2n) is 5.18. The maximum Gasteiger partial charge on any atom is 0.371 e. The predicted molar refractivity (Wildman–Crippen MR) is 75.1 cm³/mol. The predicted octanol–water partition coefficient (Wildman–Crippen LogP) is 3.09. The first-order valence-electron chi connectivity index (χ1n) is 6.96. The molecular formula is C16H14FNO4. The molecule has 0 bridgehead atoms.